The maximum Gasteiger partial charge on any atom is 0.256 e. The average Bonchev–Trinajstić information content (AvgIpc) is 2.36. The molecule has 1 atom stereocenters. The Labute approximate surface area is 114 Å². The molecule has 2 N–H and O–H groups in total. The van der Waals surface area contributed by atoms with Gasteiger partial charge in [-0.05, 0) is 11.5 Å². The highest BCUT2D eigenvalue weighted by molar-refractivity contribution is 5.83. The lowest BCUT2D eigenvalue weighted by Gasteiger charge is -2.51. The van der Waals surface area contributed by atoms with Crippen molar-refractivity contribution in [2.45, 2.75) is 25.5 Å². The van der Waals surface area contributed by atoms with Crippen molar-refractivity contribution in [2.24, 2.45) is 11.7 Å². The molecule has 2 rings (SSSR count). The molecule has 4 heteroatoms. The van der Waals surface area contributed by atoms with Crippen LogP contribution in [0, 0.1) is 5.92 Å². The van der Waals surface area contributed by atoms with Gasteiger partial charge in [-0.15, -0.1) is 0 Å². The van der Waals surface area contributed by atoms with E-state index in [0.717, 1.165) is 5.56 Å². The maximum absolute atomic E-state index is 12.4. The molecular formula is C15H22N2O2. The Hall–Kier alpha value is -1.39. The van der Waals surface area contributed by atoms with Crippen LogP contribution in [0.4, 0.5) is 0 Å². The molecule has 0 bridgehead atoms. The summed E-state index contributed by atoms with van der Waals surface area (Å²) in [5.41, 5.74) is 6.86. The number of hydrogen-bond acceptors (Lipinski definition) is 3. The smallest absolute Gasteiger partial charge is 0.256 e. The molecule has 1 unspecified atom stereocenters. The third kappa shape index (κ3) is 2.65. The number of amides is 1. The van der Waals surface area contributed by atoms with Gasteiger partial charge in [0, 0.05) is 20.2 Å². The van der Waals surface area contributed by atoms with E-state index in [1.807, 2.05) is 30.3 Å². The number of nitrogens with two attached hydrogens (primary N) is 1. The summed E-state index contributed by atoms with van der Waals surface area (Å²) in [7, 11) is 1.56. The van der Waals surface area contributed by atoms with Crippen LogP contribution in [-0.2, 0) is 9.53 Å². The number of hydrogen-bond donors (Lipinski definition) is 1. The molecule has 1 aliphatic heterocycles. The van der Waals surface area contributed by atoms with Crippen molar-refractivity contribution in [3.63, 3.8) is 0 Å². The van der Waals surface area contributed by atoms with E-state index in [2.05, 4.69) is 13.8 Å². The van der Waals surface area contributed by atoms with Gasteiger partial charge in [-0.1, -0.05) is 44.2 Å². The fourth-order valence-electron chi connectivity index (χ4n) is 2.36. The number of ether oxygens (including phenoxy) is 1. The topological polar surface area (TPSA) is 55.6 Å². The van der Waals surface area contributed by atoms with Crippen molar-refractivity contribution >= 4 is 5.91 Å². The van der Waals surface area contributed by atoms with E-state index in [1.165, 1.54) is 0 Å². The Morgan fingerprint density at radius 3 is 2.37 bits per heavy atom. The summed E-state index contributed by atoms with van der Waals surface area (Å²) >= 11 is 0. The zero-order chi connectivity index (χ0) is 14.0. The van der Waals surface area contributed by atoms with Crippen LogP contribution in [0.3, 0.4) is 0 Å². The zero-order valence-electron chi connectivity index (χ0n) is 11.8. The molecule has 4 nitrogen and oxygen atoms in total. The highest BCUT2D eigenvalue weighted by Crippen LogP contribution is 2.29. The van der Waals surface area contributed by atoms with Gasteiger partial charge in [0.25, 0.3) is 5.91 Å². The van der Waals surface area contributed by atoms with Gasteiger partial charge >= 0.3 is 0 Å². The average molecular weight is 262 g/mol. The molecule has 0 spiro atoms. The van der Waals surface area contributed by atoms with E-state index >= 15 is 0 Å². The summed E-state index contributed by atoms with van der Waals surface area (Å²) in [5.74, 6) is 0.365. The minimum absolute atomic E-state index is 0.00424. The quantitative estimate of drug-likeness (QED) is 0.896. The highest BCUT2D eigenvalue weighted by Gasteiger charge is 2.45. The standard InChI is InChI=1S/C15H22N2O2/c1-11(2)15(16)9-17(10-15)14(18)13(19-3)12-7-5-4-6-8-12/h4-8,11,13H,9-10,16H2,1-3H3. The van der Waals surface area contributed by atoms with Crippen LogP contribution in [0.25, 0.3) is 0 Å². The van der Waals surface area contributed by atoms with Crippen molar-refractivity contribution < 1.29 is 9.53 Å². The van der Waals surface area contributed by atoms with E-state index in [0.29, 0.717) is 19.0 Å². The molecule has 0 saturated carbocycles. The molecule has 0 radical (unpaired) electrons. The number of carbonyl (C=O) groups is 1. The minimum atomic E-state index is -0.530. The summed E-state index contributed by atoms with van der Waals surface area (Å²) in [4.78, 5) is 14.2. The molecule has 1 aromatic carbocycles. The summed E-state index contributed by atoms with van der Waals surface area (Å²) < 4.78 is 5.35. The molecular weight excluding hydrogens is 240 g/mol. The third-order valence-electron chi connectivity index (χ3n) is 3.99. The van der Waals surface area contributed by atoms with E-state index in [-0.39, 0.29) is 11.4 Å². The van der Waals surface area contributed by atoms with Gasteiger partial charge in [-0.25, -0.2) is 0 Å². The van der Waals surface area contributed by atoms with Gasteiger partial charge in [-0.3, -0.25) is 4.79 Å². The Morgan fingerprint density at radius 1 is 1.32 bits per heavy atom. The monoisotopic (exact) mass is 262 g/mol. The zero-order valence-corrected chi connectivity index (χ0v) is 11.8. The summed E-state index contributed by atoms with van der Waals surface area (Å²) in [5, 5.41) is 0. The first-order valence-corrected chi connectivity index (χ1v) is 6.63. The first-order chi connectivity index (χ1) is 8.98. The Morgan fingerprint density at radius 2 is 1.89 bits per heavy atom. The van der Waals surface area contributed by atoms with Crippen molar-refractivity contribution in [1.29, 1.82) is 0 Å². The predicted octanol–water partition coefficient (Wildman–Crippen LogP) is 1.57. The van der Waals surface area contributed by atoms with Crippen LogP contribution < -0.4 is 5.73 Å². The Kier molecular flexibility index (Phi) is 3.92. The predicted molar refractivity (Wildman–Crippen MR) is 74.5 cm³/mol. The second-order valence-corrected chi connectivity index (χ2v) is 5.61. The normalized spacial score (nSPS) is 19.1. The Balaban J connectivity index is 2.04. The molecule has 1 heterocycles. The number of carbonyl (C=O) groups excluding carboxylic acids is 1. The SMILES string of the molecule is COC(C(=O)N1CC(N)(C(C)C)C1)c1ccccc1. The summed E-state index contributed by atoms with van der Waals surface area (Å²) in [6.45, 7) is 5.39. The molecule has 1 aliphatic rings. The first-order valence-electron chi connectivity index (χ1n) is 6.63. The minimum Gasteiger partial charge on any atom is -0.367 e. The number of rotatable bonds is 4. The molecule has 104 valence electrons. The van der Waals surface area contributed by atoms with Crippen molar-refractivity contribution in [1.82, 2.24) is 4.90 Å². The van der Waals surface area contributed by atoms with E-state index in [1.54, 1.807) is 12.0 Å². The fourth-order valence-corrected chi connectivity index (χ4v) is 2.36. The van der Waals surface area contributed by atoms with Gasteiger partial charge in [0.05, 0.1) is 5.54 Å². The van der Waals surface area contributed by atoms with E-state index in [9.17, 15) is 4.79 Å². The molecule has 1 amide bonds. The van der Waals surface area contributed by atoms with Gasteiger partial charge in [0.2, 0.25) is 0 Å². The largest absolute Gasteiger partial charge is 0.367 e. The van der Waals surface area contributed by atoms with Gasteiger partial charge in [0.1, 0.15) is 0 Å². The Bertz CT molecular complexity index is 439. The first kappa shape index (κ1) is 14.0. The lowest BCUT2D eigenvalue weighted by Crippen LogP contribution is -2.71. The third-order valence-corrected chi connectivity index (χ3v) is 3.99. The van der Waals surface area contributed by atoms with Gasteiger partial charge < -0.3 is 15.4 Å². The molecule has 0 aliphatic carbocycles. The molecule has 1 fully saturated rings. The fraction of sp³-hybridized carbons (Fsp3) is 0.533. The van der Waals surface area contributed by atoms with E-state index < -0.39 is 6.10 Å². The van der Waals surface area contributed by atoms with Crippen molar-refractivity contribution in [3.8, 4) is 0 Å². The molecule has 1 aromatic rings. The molecule has 0 aromatic heterocycles. The van der Waals surface area contributed by atoms with E-state index in [4.69, 9.17) is 10.5 Å². The van der Waals surface area contributed by atoms with Crippen LogP contribution in [-0.4, -0.2) is 36.5 Å². The summed E-state index contributed by atoms with van der Waals surface area (Å²) in [6.07, 6.45) is -0.530. The molecule has 1 saturated heterocycles. The van der Waals surface area contributed by atoms with Crippen LogP contribution in [0.2, 0.25) is 0 Å². The molecule has 19 heavy (non-hydrogen) atoms. The van der Waals surface area contributed by atoms with Crippen LogP contribution in [0.15, 0.2) is 30.3 Å². The highest BCUT2D eigenvalue weighted by atomic mass is 16.5. The maximum atomic E-state index is 12.4. The van der Waals surface area contributed by atoms with Gasteiger partial charge in [0.15, 0.2) is 6.10 Å². The second kappa shape index (κ2) is 5.31. The number of likely N-dealkylation sites (tertiary alicyclic amines) is 1. The summed E-state index contributed by atoms with van der Waals surface area (Å²) in [6, 6.07) is 9.56. The number of methoxy groups -OCH3 is 1. The van der Waals surface area contributed by atoms with Gasteiger partial charge in [-0.2, -0.15) is 0 Å². The van der Waals surface area contributed by atoms with Crippen LogP contribution >= 0.6 is 0 Å². The number of nitrogens with zero attached hydrogens (tertiary/aromatic N) is 1. The van der Waals surface area contributed by atoms with Crippen molar-refractivity contribution in [3.05, 3.63) is 35.9 Å². The van der Waals surface area contributed by atoms with Crippen molar-refractivity contribution in [2.75, 3.05) is 20.2 Å². The van der Waals surface area contributed by atoms with Crippen LogP contribution in [0.5, 0.6) is 0 Å². The van der Waals surface area contributed by atoms with Crippen LogP contribution in [0.1, 0.15) is 25.5 Å². The lowest BCUT2D eigenvalue weighted by molar-refractivity contribution is -0.151. The number of benzene rings is 1. The second-order valence-electron chi connectivity index (χ2n) is 5.61. The lowest BCUT2D eigenvalue weighted by atomic mass is 9.80.